The molecule has 1 heterocycles. The second kappa shape index (κ2) is 6.37. The molecule has 0 bridgehead atoms. The van der Waals surface area contributed by atoms with Crippen LogP contribution in [-0.4, -0.2) is 59.0 Å². The topological polar surface area (TPSA) is 60.9 Å². The summed E-state index contributed by atoms with van der Waals surface area (Å²) in [4.78, 5) is 27.4. The lowest BCUT2D eigenvalue weighted by molar-refractivity contribution is -0.151. The molecule has 1 amide bonds. The molecule has 1 atom stereocenters. The fraction of sp³-hybridized carbons (Fsp3) is 0.857. The molecule has 0 aromatic carbocycles. The number of hydrogen-bond donors (Lipinski definition) is 1. The molecule has 0 radical (unpaired) electrons. The van der Waals surface area contributed by atoms with Gasteiger partial charge in [-0.05, 0) is 33.4 Å². The van der Waals surface area contributed by atoms with Crippen molar-refractivity contribution >= 4 is 11.9 Å². The Morgan fingerprint density at radius 1 is 1.32 bits per heavy atom. The van der Waals surface area contributed by atoms with Crippen molar-refractivity contribution < 1.29 is 14.7 Å². The monoisotopic (exact) mass is 270 g/mol. The van der Waals surface area contributed by atoms with E-state index in [1.807, 2.05) is 4.90 Å². The largest absolute Gasteiger partial charge is 0.481 e. The van der Waals surface area contributed by atoms with E-state index in [-0.39, 0.29) is 12.3 Å². The van der Waals surface area contributed by atoms with Crippen molar-refractivity contribution in [2.24, 2.45) is 5.41 Å². The number of amides is 1. The zero-order valence-corrected chi connectivity index (χ0v) is 12.5. The predicted molar refractivity (Wildman–Crippen MR) is 73.9 cm³/mol. The zero-order valence-electron chi connectivity index (χ0n) is 12.5. The van der Waals surface area contributed by atoms with E-state index >= 15 is 0 Å². The van der Waals surface area contributed by atoms with E-state index in [9.17, 15) is 9.59 Å². The van der Waals surface area contributed by atoms with Gasteiger partial charge in [-0.25, -0.2) is 0 Å². The molecule has 0 aromatic rings. The third kappa shape index (κ3) is 3.93. The number of carbonyl (C=O) groups is 2. The minimum Gasteiger partial charge on any atom is -0.481 e. The highest BCUT2D eigenvalue weighted by Crippen LogP contribution is 2.24. The van der Waals surface area contributed by atoms with Crippen LogP contribution in [0.5, 0.6) is 0 Å². The van der Waals surface area contributed by atoms with Crippen molar-refractivity contribution in [2.75, 3.05) is 26.2 Å². The average molecular weight is 270 g/mol. The second-order valence-corrected chi connectivity index (χ2v) is 5.87. The van der Waals surface area contributed by atoms with E-state index in [0.717, 1.165) is 32.6 Å². The summed E-state index contributed by atoms with van der Waals surface area (Å²) in [5.74, 6) is -0.956. The second-order valence-electron chi connectivity index (χ2n) is 5.87. The van der Waals surface area contributed by atoms with Gasteiger partial charge < -0.3 is 10.0 Å². The van der Waals surface area contributed by atoms with Crippen molar-refractivity contribution in [1.82, 2.24) is 9.80 Å². The van der Waals surface area contributed by atoms with E-state index in [1.165, 1.54) is 0 Å². The number of hydrogen-bond acceptors (Lipinski definition) is 3. The molecule has 1 aliphatic heterocycles. The molecule has 5 heteroatoms. The Morgan fingerprint density at radius 3 is 2.37 bits per heavy atom. The lowest BCUT2D eigenvalue weighted by Gasteiger charge is -2.27. The summed E-state index contributed by atoms with van der Waals surface area (Å²) in [7, 11) is 0. The maximum absolute atomic E-state index is 12.2. The Kier molecular flexibility index (Phi) is 5.35. The number of rotatable bonds is 6. The van der Waals surface area contributed by atoms with Gasteiger partial charge in [0.25, 0.3) is 0 Å². The molecule has 1 fully saturated rings. The highest BCUT2D eigenvalue weighted by molar-refractivity contribution is 5.84. The summed E-state index contributed by atoms with van der Waals surface area (Å²) in [5, 5.41) is 9.07. The number of carbonyl (C=O) groups excluding carboxylic acids is 1. The van der Waals surface area contributed by atoms with Crippen LogP contribution < -0.4 is 0 Å². The van der Waals surface area contributed by atoms with E-state index in [2.05, 4.69) is 18.7 Å². The smallest absolute Gasteiger partial charge is 0.309 e. The van der Waals surface area contributed by atoms with Crippen LogP contribution >= 0.6 is 0 Å². The van der Waals surface area contributed by atoms with Crippen molar-refractivity contribution in [2.45, 2.75) is 46.6 Å². The zero-order chi connectivity index (χ0) is 14.6. The summed E-state index contributed by atoms with van der Waals surface area (Å²) in [6, 6.07) is 0.423. The van der Waals surface area contributed by atoms with Crippen LogP contribution in [0.2, 0.25) is 0 Å². The third-order valence-corrected chi connectivity index (χ3v) is 4.02. The first-order valence-corrected chi connectivity index (χ1v) is 7.07. The number of likely N-dealkylation sites (tertiary alicyclic amines) is 1. The fourth-order valence-electron chi connectivity index (χ4n) is 2.57. The number of carboxylic acids is 1. The van der Waals surface area contributed by atoms with Crippen LogP contribution in [0.1, 0.15) is 40.5 Å². The Morgan fingerprint density at radius 2 is 1.89 bits per heavy atom. The summed E-state index contributed by atoms with van der Waals surface area (Å²) in [6.07, 6.45) is 1.06. The maximum Gasteiger partial charge on any atom is 0.309 e. The van der Waals surface area contributed by atoms with Gasteiger partial charge in [0.1, 0.15) is 0 Å². The molecule has 1 rings (SSSR count). The lowest BCUT2D eigenvalue weighted by atomic mass is 9.89. The first kappa shape index (κ1) is 16.0. The van der Waals surface area contributed by atoms with Gasteiger partial charge in [-0.1, -0.05) is 13.8 Å². The number of likely N-dealkylation sites (N-methyl/N-ethyl adjacent to an activating group) is 1. The molecular formula is C14H26N2O3. The van der Waals surface area contributed by atoms with Crippen molar-refractivity contribution in [3.63, 3.8) is 0 Å². The third-order valence-electron chi connectivity index (χ3n) is 4.02. The molecule has 0 aliphatic carbocycles. The summed E-state index contributed by atoms with van der Waals surface area (Å²) in [5.41, 5.74) is -0.982. The van der Waals surface area contributed by atoms with Gasteiger partial charge in [0.2, 0.25) is 5.91 Å². The van der Waals surface area contributed by atoms with Gasteiger partial charge in [-0.15, -0.1) is 0 Å². The van der Waals surface area contributed by atoms with E-state index in [0.29, 0.717) is 6.04 Å². The van der Waals surface area contributed by atoms with Crippen molar-refractivity contribution in [1.29, 1.82) is 0 Å². The van der Waals surface area contributed by atoms with Crippen LogP contribution in [-0.2, 0) is 9.59 Å². The van der Waals surface area contributed by atoms with Gasteiger partial charge in [0.15, 0.2) is 0 Å². The Labute approximate surface area is 115 Å². The Bertz CT molecular complexity index is 338. The highest BCUT2D eigenvalue weighted by Gasteiger charge is 2.35. The van der Waals surface area contributed by atoms with Gasteiger partial charge in [0, 0.05) is 25.6 Å². The van der Waals surface area contributed by atoms with Crippen molar-refractivity contribution in [3.05, 3.63) is 0 Å². The molecule has 110 valence electrons. The normalized spacial score (nSPS) is 20.1. The molecule has 1 N–H and O–H groups in total. The quantitative estimate of drug-likeness (QED) is 0.793. The minimum absolute atomic E-state index is 0.0398. The van der Waals surface area contributed by atoms with Gasteiger partial charge >= 0.3 is 5.97 Å². The van der Waals surface area contributed by atoms with E-state index < -0.39 is 11.4 Å². The fourth-order valence-corrected chi connectivity index (χ4v) is 2.57. The molecule has 1 saturated heterocycles. The molecule has 1 aliphatic rings. The predicted octanol–water partition coefficient (Wildman–Crippen LogP) is 1.43. The van der Waals surface area contributed by atoms with Crippen LogP contribution in [0, 0.1) is 5.41 Å². The van der Waals surface area contributed by atoms with Gasteiger partial charge in [-0.2, -0.15) is 0 Å². The molecule has 5 nitrogen and oxygen atoms in total. The van der Waals surface area contributed by atoms with Gasteiger partial charge in [-0.3, -0.25) is 14.5 Å². The standard InChI is InChI=1S/C14H26N2O3/c1-5-15(6-2)11-7-8-16(10-11)12(17)9-14(3,4)13(18)19/h11H,5-10H2,1-4H3,(H,18,19). The molecule has 1 unspecified atom stereocenters. The summed E-state index contributed by atoms with van der Waals surface area (Å²) < 4.78 is 0. The SMILES string of the molecule is CCN(CC)C1CCN(C(=O)CC(C)(C)C(=O)O)C1. The van der Waals surface area contributed by atoms with Crippen LogP contribution in [0.4, 0.5) is 0 Å². The minimum atomic E-state index is -0.982. The first-order valence-electron chi connectivity index (χ1n) is 7.07. The number of aliphatic carboxylic acids is 1. The summed E-state index contributed by atoms with van der Waals surface area (Å²) in [6.45, 7) is 10.9. The maximum atomic E-state index is 12.2. The van der Waals surface area contributed by atoms with Crippen LogP contribution in [0.15, 0.2) is 0 Å². The molecule has 0 saturated carbocycles. The average Bonchev–Trinajstić information content (AvgIpc) is 2.79. The Balaban J connectivity index is 2.55. The molecule has 19 heavy (non-hydrogen) atoms. The Hall–Kier alpha value is -1.10. The lowest BCUT2D eigenvalue weighted by Crippen LogP contribution is -2.40. The van der Waals surface area contributed by atoms with Crippen LogP contribution in [0.3, 0.4) is 0 Å². The summed E-state index contributed by atoms with van der Waals surface area (Å²) >= 11 is 0. The number of nitrogens with zero attached hydrogens (tertiary/aromatic N) is 2. The van der Waals surface area contributed by atoms with Crippen LogP contribution in [0.25, 0.3) is 0 Å². The highest BCUT2D eigenvalue weighted by atomic mass is 16.4. The van der Waals surface area contributed by atoms with E-state index in [1.54, 1.807) is 13.8 Å². The van der Waals surface area contributed by atoms with E-state index in [4.69, 9.17) is 5.11 Å². The molecule has 0 spiro atoms. The first-order chi connectivity index (χ1) is 8.81. The molecular weight excluding hydrogens is 244 g/mol. The number of carboxylic acid groups (broad SMARTS) is 1. The molecule has 0 aromatic heterocycles. The van der Waals surface area contributed by atoms with Gasteiger partial charge in [0.05, 0.1) is 5.41 Å². The van der Waals surface area contributed by atoms with Crippen molar-refractivity contribution in [3.8, 4) is 0 Å².